The Kier molecular flexibility index (Phi) is 8.55. The van der Waals surface area contributed by atoms with Crippen LogP contribution in [0.3, 0.4) is 0 Å². The number of anilines is 1. The maximum Gasteiger partial charge on any atom is 0.321 e. The molecule has 0 aromatic heterocycles. The van der Waals surface area contributed by atoms with Gasteiger partial charge in [0.05, 0.1) is 17.1 Å². The topological polar surface area (TPSA) is 55.9 Å². The molecule has 1 aliphatic heterocycles. The predicted octanol–water partition coefficient (Wildman–Crippen LogP) is 6.21. The van der Waals surface area contributed by atoms with Crippen LogP contribution in [0.4, 0.5) is 10.5 Å². The molecule has 2 aromatic rings. The number of urea groups is 1. The largest absolute Gasteiger partial charge is 0.337 e. The molecule has 208 valence electrons. The second-order valence-corrected chi connectivity index (χ2v) is 12.5. The number of benzene rings is 2. The first kappa shape index (κ1) is 28.0. The minimum absolute atomic E-state index is 0.163. The number of amides is 3. The zero-order valence-electron chi connectivity index (χ0n) is 22.8. The van der Waals surface area contributed by atoms with E-state index in [-0.39, 0.29) is 11.9 Å². The molecule has 2 fully saturated rings. The molecular formula is C31H38Cl2N4O2. The highest BCUT2D eigenvalue weighted by molar-refractivity contribution is 6.36. The van der Waals surface area contributed by atoms with Gasteiger partial charge in [-0.3, -0.25) is 9.69 Å². The van der Waals surface area contributed by atoms with Crippen molar-refractivity contribution >= 4 is 40.8 Å². The fourth-order valence-corrected chi connectivity index (χ4v) is 6.73. The van der Waals surface area contributed by atoms with Gasteiger partial charge in [-0.1, -0.05) is 79.0 Å². The first-order chi connectivity index (χ1) is 18.7. The van der Waals surface area contributed by atoms with Gasteiger partial charge in [0.25, 0.3) is 0 Å². The average molecular weight is 570 g/mol. The molecule has 1 N–H and O–H groups in total. The maximum atomic E-state index is 13.5. The van der Waals surface area contributed by atoms with Gasteiger partial charge in [0.1, 0.15) is 0 Å². The number of halogens is 2. The Labute approximate surface area is 241 Å². The number of hydrogen-bond donors (Lipinski definition) is 1. The summed E-state index contributed by atoms with van der Waals surface area (Å²) in [5.41, 5.74) is 3.38. The van der Waals surface area contributed by atoms with Crippen molar-refractivity contribution < 1.29 is 9.59 Å². The summed E-state index contributed by atoms with van der Waals surface area (Å²) < 4.78 is 0. The summed E-state index contributed by atoms with van der Waals surface area (Å²) in [5.74, 6) is 1.54. The molecule has 6 nitrogen and oxygen atoms in total. The number of allylic oxidation sites excluding steroid dienone is 1. The number of nitrogens with one attached hydrogen (secondary N) is 1. The number of fused-ring (bicyclic) bond motifs is 1. The number of nitrogens with zero attached hydrogens (tertiary/aromatic N) is 3. The highest BCUT2D eigenvalue weighted by Gasteiger charge is 2.51. The number of rotatable bonds is 8. The Balaban J connectivity index is 1.16. The summed E-state index contributed by atoms with van der Waals surface area (Å²) in [6.45, 7) is 9.74. The molecule has 0 spiro atoms. The molecule has 1 saturated carbocycles. The van der Waals surface area contributed by atoms with Crippen molar-refractivity contribution in [2.75, 3.05) is 51.1 Å². The molecule has 1 saturated heterocycles. The van der Waals surface area contributed by atoms with Crippen molar-refractivity contribution in [3.05, 3.63) is 75.8 Å². The van der Waals surface area contributed by atoms with Crippen LogP contribution >= 0.6 is 23.2 Å². The molecule has 2 aromatic carbocycles. The van der Waals surface area contributed by atoms with Crippen molar-refractivity contribution in [2.45, 2.75) is 33.1 Å². The van der Waals surface area contributed by atoms with Crippen LogP contribution in [-0.4, -0.2) is 72.5 Å². The highest BCUT2D eigenvalue weighted by atomic mass is 35.5. The fraction of sp³-hybridized carbons (Fsp3) is 0.484. The van der Waals surface area contributed by atoms with Gasteiger partial charge in [-0.15, -0.1) is 0 Å². The van der Waals surface area contributed by atoms with Gasteiger partial charge < -0.3 is 15.1 Å². The monoisotopic (exact) mass is 568 g/mol. The van der Waals surface area contributed by atoms with E-state index in [1.54, 1.807) is 18.2 Å². The predicted molar refractivity (Wildman–Crippen MR) is 158 cm³/mol. The number of carbonyl (C=O) groups is 2. The molecule has 2 atom stereocenters. The van der Waals surface area contributed by atoms with E-state index in [9.17, 15) is 9.59 Å². The second-order valence-electron chi connectivity index (χ2n) is 11.7. The Morgan fingerprint density at radius 3 is 2.46 bits per heavy atom. The Morgan fingerprint density at radius 2 is 1.79 bits per heavy atom. The van der Waals surface area contributed by atoms with Gasteiger partial charge in [0, 0.05) is 50.8 Å². The summed E-state index contributed by atoms with van der Waals surface area (Å²) in [5, 5.41) is 3.84. The van der Waals surface area contributed by atoms with Gasteiger partial charge in [0.15, 0.2) is 0 Å². The van der Waals surface area contributed by atoms with Crippen molar-refractivity contribution in [1.82, 2.24) is 14.7 Å². The summed E-state index contributed by atoms with van der Waals surface area (Å²) in [7, 11) is 0. The van der Waals surface area contributed by atoms with E-state index in [1.165, 1.54) is 12.0 Å². The molecule has 2 bridgehead atoms. The van der Waals surface area contributed by atoms with E-state index >= 15 is 0 Å². The first-order valence-electron chi connectivity index (χ1n) is 13.9. The van der Waals surface area contributed by atoms with E-state index in [0.29, 0.717) is 53.1 Å². The fourth-order valence-electron chi connectivity index (χ4n) is 6.27. The SMILES string of the molecule is CC1(C)C2CC=C(CN(CCN3CCN(C(=O)Nc4ccc(Cl)cc4Cl)CC3)C(=O)Cc3ccccc3)C1C2. The number of piperazine rings is 1. The maximum absolute atomic E-state index is 13.5. The minimum atomic E-state index is -0.163. The Bertz CT molecular complexity index is 1220. The Morgan fingerprint density at radius 1 is 1.05 bits per heavy atom. The van der Waals surface area contributed by atoms with Gasteiger partial charge >= 0.3 is 6.03 Å². The van der Waals surface area contributed by atoms with Crippen molar-refractivity contribution in [2.24, 2.45) is 17.3 Å². The summed E-state index contributed by atoms with van der Waals surface area (Å²) in [6.07, 6.45) is 5.21. The van der Waals surface area contributed by atoms with Crippen LogP contribution in [0.5, 0.6) is 0 Å². The molecule has 4 aliphatic rings. The quantitative estimate of drug-likeness (QED) is 0.385. The number of carbonyl (C=O) groups excluding carboxylic acids is 2. The normalized spacial score (nSPS) is 22.1. The molecule has 0 radical (unpaired) electrons. The van der Waals surface area contributed by atoms with Crippen molar-refractivity contribution in [3.63, 3.8) is 0 Å². The van der Waals surface area contributed by atoms with Gasteiger partial charge in [-0.25, -0.2) is 4.79 Å². The van der Waals surface area contributed by atoms with E-state index in [4.69, 9.17) is 23.2 Å². The smallest absolute Gasteiger partial charge is 0.321 e. The van der Waals surface area contributed by atoms with E-state index in [0.717, 1.165) is 44.1 Å². The lowest BCUT2D eigenvalue weighted by Crippen LogP contribution is -2.53. The van der Waals surface area contributed by atoms with Gasteiger partial charge in [-0.05, 0) is 53.9 Å². The molecule has 3 amide bonds. The lowest BCUT2D eigenvalue weighted by Gasteiger charge is -2.57. The van der Waals surface area contributed by atoms with Crippen LogP contribution in [0.25, 0.3) is 0 Å². The standard InChI is InChI=1S/C31H38Cl2N4O2/c1-31(2)24-9-8-23(26(31)19-24)21-37(29(38)18-22-6-4-3-5-7-22)17-14-35-12-15-36(16-13-35)30(39)34-28-11-10-25(32)20-27(28)33/h3-8,10-11,20,24,26H,9,12-19,21H2,1-2H3,(H,34,39). The third-order valence-corrected chi connectivity index (χ3v) is 9.57. The van der Waals surface area contributed by atoms with Crippen molar-refractivity contribution in [1.29, 1.82) is 0 Å². The summed E-state index contributed by atoms with van der Waals surface area (Å²) in [4.78, 5) is 32.5. The van der Waals surface area contributed by atoms with Crippen LogP contribution in [0.2, 0.25) is 10.0 Å². The first-order valence-corrected chi connectivity index (χ1v) is 14.7. The zero-order valence-corrected chi connectivity index (χ0v) is 24.3. The third-order valence-electron chi connectivity index (χ3n) is 9.03. The van der Waals surface area contributed by atoms with E-state index in [2.05, 4.69) is 35.0 Å². The molecule has 1 heterocycles. The van der Waals surface area contributed by atoms with E-state index < -0.39 is 0 Å². The Hall–Kier alpha value is -2.54. The molecule has 6 rings (SSSR count). The number of hydrogen-bond acceptors (Lipinski definition) is 3. The molecule has 3 aliphatic carbocycles. The lowest BCUT2D eigenvalue weighted by atomic mass is 9.49. The summed E-state index contributed by atoms with van der Waals surface area (Å²) >= 11 is 12.2. The molecule has 8 heteroatoms. The van der Waals surface area contributed by atoms with Crippen LogP contribution in [0.15, 0.2) is 60.2 Å². The molecular weight excluding hydrogens is 531 g/mol. The van der Waals surface area contributed by atoms with Crippen LogP contribution in [-0.2, 0) is 11.2 Å². The molecule has 39 heavy (non-hydrogen) atoms. The van der Waals surface area contributed by atoms with Gasteiger partial charge in [-0.2, -0.15) is 0 Å². The zero-order chi connectivity index (χ0) is 27.6. The highest BCUT2D eigenvalue weighted by Crippen LogP contribution is 2.59. The van der Waals surface area contributed by atoms with Gasteiger partial charge in [0.2, 0.25) is 5.91 Å². The third kappa shape index (κ3) is 6.45. The molecule has 2 unspecified atom stereocenters. The van der Waals surface area contributed by atoms with Crippen LogP contribution in [0, 0.1) is 17.3 Å². The van der Waals surface area contributed by atoms with Crippen molar-refractivity contribution in [3.8, 4) is 0 Å². The lowest BCUT2D eigenvalue weighted by molar-refractivity contribution is -0.130. The van der Waals surface area contributed by atoms with Crippen LogP contribution < -0.4 is 5.32 Å². The average Bonchev–Trinajstić information content (AvgIpc) is 2.93. The van der Waals surface area contributed by atoms with Crippen LogP contribution in [0.1, 0.15) is 32.3 Å². The minimum Gasteiger partial charge on any atom is -0.337 e. The summed E-state index contributed by atoms with van der Waals surface area (Å²) in [6, 6.07) is 14.9. The van der Waals surface area contributed by atoms with E-state index in [1.807, 2.05) is 35.2 Å². The second kappa shape index (κ2) is 11.9.